The van der Waals surface area contributed by atoms with Gasteiger partial charge in [-0.15, -0.1) is 0 Å². The number of fused-ring (bicyclic) bond motifs is 1. The Labute approximate surface area is 164 Å². The van der Waals surface area contributed by atoms with Gasteiger partial charge in [-0.3, -0.25) is 9.78 Å². The summed E-state index contributed by atoms with van der Waals surface area (Å²) in [7, 11) is 0. The Balaban J connectivity index is 2.00. The molecule has 5 heteroatoms. The molecule has 0 saturated heterocycles. The number of carbonyl (C=O) groups is 1. The van der Waals surface area contributed by atoms with Crippen molar-refractivity contribution in [2.24, 2.45) is 0 Å². The van der Waals surface area contributed by atoms with E-state index in [1.807, 2.05) is 32.9 Å². The molecule has 1 fully saturated rings. The second-order valence-corrected chi connectivity index (χ2v) is 7.50. The van der Waals surface area contributed by atoms with Crippen LogP contribution in [0.4, 0.5) is 0 Å². The second-order valence-electron chi connectivity index (χ2n) is 7.50. The number of benzene rings is 1. The highest BCUT2D eigenvalue weighted by atomic mass is 16.5. The van der Waals surface area contributed by atoms with E-state index in [4.69, 9.17) is 4.74 Å². The third-order valence-electron chi connectivity index (χ3n) is 5.27. The van der Waals surface area contributed by atoms with Gasteiger partial charge >= 0.3 is 5.97 Å². The predicted octanol–water partition coefficient (Wildman–Crippen LogP) is 4.50. The first-order valence-electron chi connectivity index (χ1n) is 9.72. The van der Waals surface area contributed by atoms with Gasteiger partial charge < -0.3 is 9.30 Å². The quantitative estimate of drug-likeness (QED) is 0.629. The number of nitrogens with zero attached hydrogens (tertiary/aromatic N) is 2. The molecule has 0 radical (unpaired) electrons. The van der Waals surface area contributed by atoms with Crippen LogP contribution in [0.25, 0.3) is 22.0 Å². The standard InChI is InChI=1S/C23H24N2O3/c1-5-28-23(27)20-12-25(17-6-7-17)21-15(4)18(8-9-19(21)22(20)26)16-10-13(2)24-14(3)11-16/h8-12,17H,5-7H2,1-4H3. The van der Waals surface area contributed by atoms with Crippen LogP contribution in [0.1, 0.15) is 53.1 Å². The first-order chi connectivity index (χ1) is 13.4. The Morgan fingerprint density at radius 2 is 1.86 bits per heavy atom. The monoisotopic (exact) mass is 376 g/mol. The van der Waals surface area contributed by atoms with Crippen LogP contribution in [0.3, 0.4) is 0 Å². The minimum Gasteiger partial charge on any atom is -0.462 e. The fourth-order valence-electron chi connectivity index (χ4n) is 3.92. The summed E-state index contributed by atoms with van der Waals surface area (Å²) in [5.74, 6) is -0.550. The van der Waals surface area contributed by atoms with Gasteiger partial charge in [0.2, 0.25) is 5.43 Å². The fourth-order valence-corrected chi connectivity index (χ4v) is 3.92. The van der Waals surface area contributed by atoms with Crippen LogP contribution in [-0.2, 0) is 4.74 Å². The van der Waals surface area contributed by atoms with Gasteiger partial charge in [0.1, 0.15) is 5.56 Å². The van der Waals surface area contributed by atoms with Crippen molar-refractivity contribution >= 4 is 16.9 Å². The lowest BCUT2D eigenvalue weighted by molar-refractivity contribution is 0.0524. The second kappa shape index (κ2) is 6.89. The number of rotatable bonds is 4. The number of pyridine rings is 2. The molecule has 0 spiro atoms. The fraction of sp³-hybridized carbons (Fsp3) is 0.348. The Morgan fingerprint density at radius 1 is 1.18 bits per heavy atom. The van der Waals surface area contributed by atoms with Crippen molar-refractivity contribution in [3.63, 3.8) is 0 Å². The third-order valence-corrected chi connectivity index (χ3v) is 5.27. The van der Waals surface area contributed by atoms with Gasteiger partial charge in [-0.05, 0) is 75.4 Å². The Kier molecular flexibility index (Phi) is 4.53. The maximum atomic E-state index is 13.0. The zero-order valence-electron chi connectivity index (χ0n) is 16.7. The first kappa shape index (κ1) is 18.4. The molecular formula is C23H24N2O3. The number of esters is 1. The number of hydrogen-bond donors (Lipinski definition) is 0. The van der Waals surface area contributed by atoms with Gasteiger partial charge in [-0.25, -0.2) is 4.79 Å². The predicted molar refractivity (Wildman–Crippen MR) is 110 cm³/mol. The van der Waals surface area contributed by atoms with Gasteiger partial charge in [0, 0.05) is 29.0 Å². The largest absolute Gasteiger partial charge is 0.462 e. The average molecular weight is 376 g/mol. The van der Waals surface area contributed by atoms with E-state index in [0.29, 0.717) is 11.4 Å². The van der Waals surface area contributed by atoms with Gasteiger partial charge in [-0.2, -0.15) is 0 Å². The van der Waals surface area contributed by atoms with E-state index in [0.717, 1.165) is 46.4 Å². The smallest absolute Gasteiger partial charge is 0.343 e. The molecule has 1 aromatic carbocycles. The summed E-state index contributed by atoms with van der Waals surface area (Å²) in [6.45, 7) is 8.01. The molecule has 5 nitrogen and oxygen atoms in total. The molecule has 0 amide bonds. The zero-order chi connectivity index (χ0) is 20.0. The maximum absolute atomic E-state index is 13.0. The molecule has 0 atom stereocenters. The number of hydrogen-bond acceptors (Lipinski definition) is 4. The van der Waals surface area contributed by atoms with Crippen LogP contribution in [0.2, 0.25) is 0 Å². The van der Waals surface area contributed by atoms with Crippen LogP contribution in [0.5, 0.6) is 0 Å². The number of carbonyl (C=O) groups excluding carboxylic acids is 1. The molecule has 144 valence electrons. The van der Waals surface area contributed by atoms with E-state index in [1.165, 1.54) is 0 Å². The van der Waals surface area contributed by atoms with E-state index in [-0.39, 0.29) is 17.6 Å². The molecule has 0 N–H and O–H groups in total. The SMILES string of the molecule is CCOC(=O)c1cn(C2CC2)c2c(C)c(-c3cc(C)nc(C)c3)ccc2c1=O. The number of aromatic nitrogens is 2. The van der Waals surface area contributed by atoms with E-state index in [1.54, 1.807) is 13.1 Å². The van der Waals surface area contributed by atoms with Crippen molar-refractivity contribution in [2.45, 2.75) is 46.6 Å². The lowest BCUT2D eigenvalue weighted by atomic mass is 9.96. The van der Waals surface area contributed by atoms with Crippen molar-refractivity contribution in [3.8, 4) is 11.1 Å². The highest BCUT2D eigenvalue weighted by Crippen LogP contribution is 2.39. The topological polar surface area (TPSA) is 61.2 Å². The van der Waals surface area contributed by atoms with Crippen LogP contribution < -0.4 is 5.43 Å². The van der Waals surface area contributed by atoms with Crippen molar-refractivity contribution in [1.82, 2.24) is 9.55 Å². The van der Waals surface area contributed by atoms with E-state index in [9.17, 15) is 9.59 Å². The molecule has 1 aliphatic rings. The van der Waals surface area contributed by atoms with Crippen LogP contribution in [0.15, 0.2) is 35.3 Å². The van der Waals surface area contributed by atoms with Crippen molar-refractivity contribution in [1.29, 1.82) is 0 Å². The number of ether oxygens (including phenoxy) is 1. The molecular weight excluding hydrogens is 352 g/mol. The molecule has 1 aliphatic carbocycles. The number of aryl methyl sites for hydroxylation is 3. The van der Waals surface area contributed by atoms with Gasteiger partial charge in [0.25, 0.3) is 0 Å². The lowest BCUT2D eigenvalue weighted by Gasteiger charge is -2.17. The summed E-state index contributed by atoms with van der Waals surface area (Å²) < 4.78 is 7.20. The van der Waals surface area contributed by atoms with E-state index in [2.05, 4.69) is 21.7 Å². The van der Waals surface area contributed by atoms with Gasteiger partial charge in [-0.1, -0.05) is 6.07 Å². The van der Waals surface area contributed by atoms with Crippen molar-refractivity contribution < 1.29 is 9.53 Å². The molecule has 28 heavy (non-hydrogen) atoms. The lowest BCUT2D eigenvalue weighted by Crippen LogP contribution is -2.21. The highest BCUT2D eigenvalue weighted by molar-refractivity contribution is 5.96. The average Bonchev–Trinajstić information content (AvgIpc) is 3.47. The maximum Gasteiger partial charge on any atom is 0.343 e. The summed E-state index contributed by atoms with van der Waals surface area (Å²) in [4.78, 5) is 29.8. The normalized spacial score (nSPS) is 13.7. The molecule has 0 unspecified atom stereocenters. The van der Waals surface area contributed by atoms with Crippen LogP contribution >= 0.6 is 0 Å². The van der Waals surface area contributed by atoms with Crippen LogP contribution in [0, 0.1) is 20.8 Å². The van der Waals surface area contributed by atoms with Gasteiger partial charge in [0.05, 0.1) is 12.1 Å². The summed E-state index contributed by atoms with van der Waals surface area (Å²) >= 11 is 0. The molecule has 0 bridgehead atoms. The summed E-state index contributed by atoms with van der Waals surface area (Å²) in [5, 5.41) is 0.571. The van der Waals surface area contributed by atoms with Crippen LogP contribution in [-0.4, -0.2) is 22.1 Å². The Bertz CT molecular complexity index is 1140. The summed E-state index contributed by atoms with van der Waals surface area (Å²) in [6.07, 6.45) is 3.80. The zero-order valence-corrected chi connectivity index (χ0v) is 16.7. The summed E-state index contributed by atoms with van der Waals surface area (Å²) in [6, 6.07) is 8.26. The highest BCUT2D eigenvalue weighted by Gasteiger charge is 2.28. The molecule has 3 aromatic rings. The third kappa shape index (κ3) is 3.11. The molecule has 2 aromatic heterocycles. The Hall–Kier alpha value is -2.95. The van der Waals surface area contributed by atoms with Crippen molar-refractivity contribution in [2.75, 3.05) is 6.61 Å². The van der Waals surface area contributed by atoms with E-state index < -0.39 is 5.97 Å². The first-order valence-corrected chi connectivity index (χ1v) is 9.72. The minimum absolute atomic E-state index is 0.115. The van der Waals surface area contributed by atoms with Crippen molar-refractivity contribution in [3.05, 3.63) is 63.2 Å². The molecule has 2 heterocycles. The molecule has 4 rings (SSSR count). The molecule has 1 saturated carbocycles. The minimum atomic E-state index is -0.550. The summed E-state index contributed by atoms with van der Waals surface area (Å²) in [5.41, 5.74) is 5.91. The van der Waals surface area contributed by atoms with Gasteiger partial charge in [0.15, 0.2) is 0 Å². The Morgan fingerprint density at radius 3 is 2.46 bits per heavy atom. The van der Waals surface area contributed by atoms with E-state index >= 15 is 0 Å². The molecule has 0 aliphatic heterocycles.